The van der Waals surface area contributed by atoms with Gasteiger partial charge in [-0.2, -0.15) is 5.10 Å². The van der Waals surface area contributed by atoms with Crippen LogP contribution in [0.15, 0.2) is 23.1 Å². The molecule has 3 aromatic rings. The van der Waals surface area contributed by atoms with Gasteiger partial charge in [-0.1, -0.05) is 19.0 Å². The van der Waals surface area contributed by atoms with Crippen molar-refractivity contribution in [2.24, 2.45) is 11.8 Å². The summed E-state index contributed by atoms with van der Waals surface area (Å²) >= 11 is 0. The van der Waals surface area contributed by atoms with E-state index in [-0.39, 0.29) is 49.2 Å². The molecule has 2 amide bonds. The maximum Gasteiger partial charge on any atom is 0.276 e. The van der Waals surface area contributed by atoms with Gasteiger partial charge in [0.15, 0.2) is 11.3 Å². The number of carbonyl (C=O) groups excluding carboxylic acids is 2. The SMILES string of the molecule is CCCC(=O)N[C@@H](c1cnn2cc([C@@H](NC(=O)c3nonc3CC)C3CCC(F)(F)CC3)nc2c1)C1CC1. The molecule has 2 aliphatic carbocycles. The van der Waals surface area contributed by atoms with Gasteiger partial charge in [0.25, 0.3) is 5.91 Å². The van der Waals surface area contributed by atoms with Crippen LogP contribution in [-0.4, -0.2) is 42.6 Å². The summed E-state index contributed by atoms with van der Waals surface area (Å²) in [5.74, 6) is -3.04. The Balaban J connectivity index is 1.43. The summed E-state index contributed by atoms with van der Waals surface area (Å²) < 4.78 is 34.3. The molecule has 2 saturated carbocycles. The van der Waals surface area contributed by atoms with E-state index in [2.05, 4.69) is 26.0 Å². The summed E-state index contributed by atoms with van der Waals surface area (Å²) in [6, 6.07) is 1.15. The number of aromatic nitrogens is 5. The number of aryl methyl sites for hydroxylation is 1. The number of alkyl halides is 2. The average Bonchev–Trinajstić information content (AvgIpc) is 3.45. The number of carbonyl (C=O) groups is 2. The smallest absolute Gasteiger partial charge is 0.276 e. The number of hydrogen-bond acceptors (Lipinski definition) is 7. The van der Waals surface area contributed by atoms with Gasteiger partial charge in [-0.05, 0) is 67.1 Å². The van der Waals surface area contributed by atoms with Crippen LogP contribution in [0, 0.1) is 11.8 Å². The van der Waals surface area contributed by atoms with E-state index in [1.165, 1.54) is 0 Å². The molecule has 10 nitrogen and oxygen atoms in total. The molecule has 2 N–H and O–H groups in total. The quantitative estimate of drug-likeness (QED) is 0.400. The molecule has 0 spiro atoms. The van der Waals surface area contributed by atoms with Crippen LogP contribution < -0.4 is 10.6 Å². The predicted molar refractivity (Wildman–Crippen MR) is 132 cm³/mol. The van der Waals surface area contributed by atoms with Gasteiger partial charge < -0.3 is 10.6 Å². The van der Waals surface area contributed by atoms with E-state index in [0.29, 0.717) is 35.8 Å². The molecule has 0 aromatic carbocycles. The summed E-state index contributed by atoms with van der Waals surface area (Å²) in [5.41, 5.74) is 2.48. The lowest BCUT2D eigenvalue weighted by molar-refractivity contribution is -0.122. The summed E-state index contributed by atoms with van der Waals surface area (Å²) in [4.78, 5) is 30.2. The maximum atomic E-state index is 13.9. The second kappa shape index (κ2) is 10.7. The molecule has 0 bridgehead atoms. The third-order valence-corrected chi connectivity index (χ3v) is 7.55. The van der Waals surface area contributed by atoms with Crippen molar-refractivity contribution in [2.45, 2.75) is 89.6 Å². The van der Waals surface area contributed by atoms with Gasteiger partial charge >= 0.3 is 0 Å². The van der Waals surface area contributed by atoms with Crippen molar-refractivity contribution in [2.75, 3.05) is 0 Å². The highest BCUT2D eigenvalue weighted by atomic mass is 19.3. The number of hydrogen-bond donors (Lipinski definition) is 2. The van der Waals surface area contributed by atoms with Crippen LogP contribution in [-0.2, 0) is 11.2 Å². The minimum atomic E-state index is -2.70. The minimum Gasteiger partial charge on any atom is -0.349 e. The summed E-state index contributed by atoms with van der Waals surface area (Å²) in [6.07, 6.45) is 7.24. The maximum absolute atomic E-state index is 13.9. The molecule has 0 radical (unpaired) electrons. The molecule has 0 unspecified atom stereocenters. The zero-order valence-corrected chi connectivity index (χ0v) is 21.6. The Morgan fingerprint density at radius 3 is 2.53 bits per heavy atom. The molecule has 0 saturated heterocycles. The minimum absolute atomic E-state index is 0.0129. The molecule has 2 fully saturated rings. The molecule has 3 aromatic heterocycles. The Hall–Kier alpha value is -3.44. The lowest BCUT2D eigenvalue weighted by Gasteiger charge is -2.33. The Morgan fingerprint density at radius 1 is 1.11 bits per heavy atom. The van der Waals surface area contributed by atoms with Crippen molar-refractivity contribution in [1.29, 1.82) is 0 Å². The van der Waals surface area contributed by atoms with Crippen molar-refractivity contribution in [1.82, 2.24) is 35.5 Å². The largest absolute Gasteiger partial charge is 0.349 e. The van der Waals surface area contributed by atoms with Crippen LogP contribution in [0.25, 0.3) is 5.65 Å². The predicted octanol–water partition coefficient (Wildman–Crippen LogP) is 4.34. The number of nitrogens with zero attached hydrogens (tertiary/aromatic N) is 5. The molecule has 0 aliphatic heterocycles. The fraction of sp³-hybridized carbons (Fsp3) is 0.615. The van der Waals surface area contributed by atoms with Crippen LogP contribution in [0.5, 0.6) is 0 Å². The van der Waals surface area contributed by atoms with Gasteiger partial charge in [0.2, 0.25) is 11.8 Å². The summed E-state index contributed by atoms with van der Waals surface area (Å²) in [5, 5.41) is 18.1. The summed E-state index contributed by atoms with van der Waals surface area (Å²) in [6.45, 7) is 3.80. The normalized spacial score (nSPS) is 19.3. The van der Waals surface area contributed by atoms with Crippen molar-refractivity contribution >= 4 is 17.5 Å². The molecule has 38 heavy (non-hydrogen) atoms. The van der Waals surface area contributed by atoms with E-state index in [9.17, 15) is 18.4 Å². The lowest BCUT2D eigenvalue weighted by atomic mass is 9.81. The highest BCUT2D eigenvalue weighted by molar-refractivity contribution is 5.93. The van der Waals surface area contributed by atoms with Crippen LogP contribution in [0.1, 0.15) is 105 Å². The number of rotatable bonds is 10. The van der Waals surface area contributed by atoms with Gasteiger partial charge in [0.1, 0.15) is 5.69 Å². The first-order chi connectivity index (χ1) is 18.3. The molecular weight excluding hydrogens is 496 g/mol. The number of imidazole rings is 1. The van der Waals surface area contributed by atoms with Gasteiger partial charge in [-0.15, -0.1) is 0 Å². The van der Waals surface area contributed by atoms with Gasteiger partial charge in [-0.3, -0.25) is 9.59 Å². The first kappa shape index (κ1) is 26.2. The third kappa shape index (κ3) is 5.68. The van der Waals surface area contributed by atoms with Crippen LogP contribution in [0.3, 0.4) is 0 Å². The van der Waals surface area contributed by atoms with E-state index >= 15 is 0 Å². The van der Waals surface area contributed by atoms with Crippen molar-refractivity contribution in [3.63, 3.8) is 0 Å². The highest BCUT2D eigenvalue weighted by Gasteiger charge is 2.40. The second-order valence-corrected chi connectivity index (χ2v) is 10.4. The number of fused-ring (bicyclic) bond motifs is 1. The number of nitrogens with one attached hydrogen (secondary N) is 2. The zero-order valence-electron chi connectivity index (χ0n) is 21.6. The van der Waals surface area contributed by atoms with Gasteiger partial charge in [0, 0.05) is 19.3 Å². The monoisotopic (exact) mass is 529 g/mol. The number of amides is 2. The fourth-order valence-corrected chi connectivity index (χ4v) is 5.26. The Kier molecular flexibility index (Phi) is 7.40. The molecule has 204 valence electrons. The molecule has 5 rings (SSSR count). The van der Waals surface area contributed by atoms with Gasteiger partial charge in [-0.25, -0.2) is 22.9 Å². The molecule has 2 atom stereocenters. The Morgan fingerprint density at radius 2 is 1.84 bits per heavy atom. The van der Waals surface area contributed by atoms with E-state index in [1.807, 2.05) is 19.9 Å². The highest BCUT2D eigenvalue weighted by Crippen LogP contribution is 2.42. The van der Waals surface area contributed by atoms with E-state index < -0.39 is 17.9 Å². The first-order valence-corrected chi connectivity index (χ1v) is 13.4. The first-order valence-electron chi connectivity index (χ1n) is 13.4. The van der Waals surface area contributed by atoms with E-state index in [0.717, 1.165) is 24.8 Å². The third-order valence-electron chi connectivity index (χ3n) is 7.55. The molecule has 2 aliphatic rings. The van der Waals surface area contributed by atoms with Gasteiger partial charge in [0.05, 0.1) is 30.2 Å². The zero-order chi connectivity index (χ0) is 26.9. The van der Waals surface area contributed by atoms with Crippen LogP contribution >= 0.6 is 0 Å². The lowest BCUT2D eigenvalue weighted by Crippen LogP contribution is -2.37. The van der Waals surface area contributed by atoms with E-state index in [1.54, 1.807) is 16.9 Å². The second-order valence-electron chi connectivity index (χ2n) is 10.4. The number of halogens is 2. The Labute approximate surface area is 218 Å². The van der Waals surface area contributed by atoms with Crippen molar-refractivity contribution in [3.8, 4) is 0 Å². The van der Waals surface area contributed by atoms with E-state index in [4.69, 9.17) is 9.61 Å². The molecule has 12 heteroatoms. The van der Waals surface area contributed by atoms with Crippen LogP contribution in [0.2, 0.25) is 0 Å². The van der Waals surface area contributed by atoms with Crippen LogP contribution in [0.4, 0.5) is 8.78 Å². The topological polar surface area (TPSA) is 127 Å². The Bertz CT molecular complexity index is 1290. The fourth-order valence-electron chi connectivity index (χ4n) is 5.26. The van der Waals surface area contributed by atoms with Crippen molar-refractivity contribution < 1.29 is 23.0 Å². The van der Waals surface area contributed by atoms with Crippen molar-refractivity contribution in [3.05, 3.63) is 41.1 Å². The standard InChI is InChI=1S/C26H33F2N7O3/c1-3-5-21(36)31-22(15-6-7-15)17-12-20-30-19(14-35(20)29-13-17)23(16-8-10-26(27,28)11-9-16)32-25(37)24-18(4-2)33-38-34-24/h12-16,22-23H,3-11H2,1-2H3,(H,31,36)(H,32,37)/t22-,23+/m1/s1. The molecular formula is C26H33F2N7O3. The molecule has 3 heterocycles. The average molecular weight is 530 g/mol. The summed E-state index contributed by atoms with van der Waals surface area (Å²) in [7, 11) is 0.